The van der Waals surface area contributed by atoms with E-state index in [1.54, 1.807) is 18.2 Å². The summed E-state index contributed by atoms with van der Waals surface area (Å²) < 4.78 is 25.3. The average Bonchev–Trinajstić information content (AvgIpc) is 3.51. The van der Waals surface area contributed by atoms with Crippen molar-refractivity contribution in [3.63, 3.8) is 0 Å². The molecular formula is C24H26FN3O3. The molecule has 0 N–H and O–H groups in total. The van der Waals surface area contributed by atoms with Gasteiger partial charge in [-0.1, -0.05) is 12.1 Å². The van der Waals surface area contributed by atoms with Crippen LogP contribution in [-0.2, 0) is 11.3 Å². The molecule has 1 amide bonds. The molecule has 2 aliphatic rings. The third-order valence-corrected chi connectivity index (χ3v) is 5.71. The molecule has 2 aromatic rings. The largest absolute Gasteiger partial charge is 0.473 e. The fourth-order valence-electron chi connectivity index (χ4n) is 4.17. The summed E-state index contributed by atoms with van der Waals surface area (Å²) in [6, 6.07) is 12.1. The summed E-state index contributed by atoms with van der Waals surface area (Å²) >= 11 is 0. The molecule has 162 valence electrons. The van der Waals surface area contributed by atoms with E-state index in [-0.39, 0.29) is 30.2 Å². The number of nitrogens with zero attached hydrogens (tertiary/aromatic N) is 3. The van der Waals surface area contributed by atoms with E-state index in [0.717, 1.165) is 18.5 Å². The van der Waals surface area contributed by atoms with E-state index in [4.69, 9.17) is 14.7 Å². The SMILES string of the molecule is CC(C)(C)OC(=O)N1CCC(c2cccc(OCc3ccc(C#N)cc3F)n2)C2CC21. The van der Waals surface area contributed by atoms with Crippen LogP contribution in [0.4, 0.5) is 9.18 Å². The first-order valence-corrected chi connectivity index (χ1v) is 10.5. The second-order valence-corrected chi connectivity index (χ2v) is 9.14. The van der Waals surface area contributed by atoms with Crippen LogP contribution in [0.15, 0.2) is 36.4 Å². The number of carbonyl (C=O) groups is 1. The Labute approximate surface area is 181 Å². The lowest BCUT2D eigenvalue weighted by Crippen LogP contribution is -2.42. The lowest BCUT2D eigenvalue weighted by molar-refractivity contribution is 0.0182. The van der Waals surface area contributed by atoms with Crippen LogP contribution >= 0.6 is 0 Å². The van der Waals surface area contributed by atoms with Crippen LogP contribution in [0.1, 0.15) is 56.4 Å². The summed E-state index contributed by atoms with van der Waals surface area (Å²) in [4.78, 5) is 19.0. The molecule has 7 heteroatoms. The zero-order valence-electron chi connectivity index (χ0n) is 18.0. The number of hydrogen-bond donors (Lipinski definition) is 0. The van der Waals surface area contributed by atoms with Crippen LogP contribution in [0, 0.1) is 23.1 Å². The normalized spacial score (nSPS) is 22.3. The van der Waals surface area contributed by atoms with Crippen molar-refractivity contribution < 1.29 is 18.7 Å². The van der Waals surface area contributed by atoms with Crippen molar-refractivity contribution in [2.45, 2.75) is 57.8 Å². The van der Waals surface area contributed by atoms with Crippen LogP contribution in [0.2, 0.25) is 0 Å². The minimum Gasteiger partial charge on any atom is -0.473 e. The Bertz CT molecular complexity index is 1030. The van der Waals surface area contributed by atoms with Crippen molar-refractivity contribution in [3.05, 3.63) is 59.0 Å². The van der Waals surface area contributed by atoms with Gasteiger partial charge in [0.05, 0.1) is 11.6 Å². The molecule has 1 aromatic carbocycles. The van der Waals surface area contributed by atoms with Crippen LogP contribution in [-0.4, -0.2) is 34.2 Å². The predicted molar refractivity (Wildman–Crippen MR) is 112 cm³/mol. The number of hydrogen-bond acceptors (Lipinski definition) is 5. The number of carbonyl (C=O) groups excluding carboxylic acids is 1. The van der Waals surface area contributed by atoms with Gasteiger partial charge in [0, 0.05) is 35.8 Å². The van der Waals surface area contributed by atoms with Crippen molar-refractivity contribution in [3.8, 4) is 11.9 Å². The highest BCUT2D eigenvalue weighted by atomic mass is 19.1. The Hall–Kier alpha value is -3.14. The monoisotopic (exact) mass is 423 g/mol. The van der Waals surface area contributed by atoms with Gasteiger partial charge in [0.1, 0.15) is 18.0 Å². The maximum Gasteiger partial charge on any atom is 0.410 e. The van der Waals surface area contributed by atoms with Crippen molar-refractivity contribution in [1.82, 2.24) is 9.88 Å². The molecule has 3 unspecified atom stereocenters. The molecule has 0 bridgehead atoms. The fraction of sp³-hybridized carbons (Fsp3) is 0.458. The highest BCUT2D eigenvalue weighted by molar-refractivity contribution is 5.69. The van der Waals surface area contributed by atoms with Gasteiger partial charge < -0.3 is 14.4 Å². The van der Waals surface area contributed by atoms with Crippen molar-refractivity contribution in [1.29, 1.82) is 5.26 Å². The highest BCUT2D eigenvalue weighted by Gasteiger charge is 2.53. The number of pyridine rings is 1. The summed E-state index contributed by atoms with van der Waals surface area (Å²) in [7, 11) is 0. The standard InChI is InChI=1S/C24H26FN3O3/c1-24(2,3)31-23(29)28-10-9-17(18-12-21(18)28)20-5-4-6-22(27-20)30-14-16-8-7-15(13-26)11-19(16)25/h4-8,11,17-18,21H,9-10,12,14H2,1-3H3. The molecule has 1 aromatic heterocycles. The number of piperidine rings is 1. The Kier molecular flexibility index (Phi) is 5.57. The molecule has 2 fully saturated rings. The second-order valence-electron chi connectivity index (χ2n) is 9.14. The number of ether oxygens (including phenoxy) is 2. The number of aromatic nitrogens is 1. The maximum atomic E-state index is 14.1. The molecule has 1 saturated heterocycles. The first kappa shape index (κ1) is 21.1. The number of nitriles is 1. The summed E-state index contributed by atoms with van der Waals surface area (Å²) in [5.41, 5.74) is 1.09. The number of fused-ring (bicyclic) bond motifs is 1. The van der Waals surface area contributed by atoms with E-state index in [2.05, 4.69) is 4.98 Å². The van der Waals surface area contributed by atoms with E-state index in [1.807, 2.05) is 43.9 Å². The van der Waals surface area contributed by atoms with Gasteiger partial charge in [0.25, 0.3) is 0 Å². The van der Waals surface area contributed by atoms with E-state index in [9.17, 15) is 9.18 Å². The summed E-state index contributed by atoms with van der Waals surface area (Å²) in [5, 5.41) is 8.85. The first-order chi connectivity index (χ1) is 14.7. The van der Waals surface area contributed by atoms with Crippen molar-refractivity contribution >= 4 is 6.09 Å². The molecule has 2 heterocycles. The summed E-state index contributed by atoms with van der Waals surface area (Å²) in [6.45, 7) is 6.31. The van der Waals surface area contributed by atoms with Gasteiger partial charge in [-0.25, -0.2) is 14.2 Å². The minimum atomic E-state index is -0.500. The van der Waals surface area contributed by atoms with Gasteiger partial charge in [0.15, 0.2) is 0 Å². The number of likely N-dealkylation sites (tertiary alicyclic amines) is 1. The molecule has 3 atom stereocenters. The average molecular weight is 423 g/mol. The van der Waals surface area contributed by atoms with Gasteiger partial charge in [0.2, 0.25) is 5.88 Å². The molecule has 1 aliphatic heterocycles. The van der Waals surface area contributed by atoms with Crippen LogP contribution in [0.3, 0.4) is 0 Å². The zero-order chi connectivity index (χ0) is 22.2. The summed E-state index contributed by atoms with van der Waals surface area (Å²) in [6.07, 6.45) is 1.53. The highest BCUT2D eigenvalue weighted by Crippen LogP contribution is 2.51. The molecule has 6 nitrogen and oxygen atoms in total. The van der Waals surface area contributed by atoms with Crippen LogP contribution in [0.5, 0.6) is 5.88 Å². The molecule has 31 heavy (non-hydrogen) atoms. The summed E-state index contributed by atoms with van der Waals surface area (Å²) in [5.74, 6) is 0.609. The maximum absolute atomic E-state index is 14.1. The van der Waals surface area contributed by atoms with Crippen LogP contribution < -0.4 is 4.74 Å². The third kappa shape index (κ3) is 4.79. The number of halogens is 1. The fourth-order valence-corrected chi connectivity index (χ4v) is 4.17. The minimum absolute atomic E-state index is 0.0388. The van der Waals surface area contributed by atoms with E-state index < -0.39 is 11.4 Å². The predicted octanol–water partition coefficient (Wildman–Crippen LogP) is 4.78. The molecule has 1 aliphatic carbocycles. The van der Waals surface area contributed by atoms with E-state index in [0.29, 0.717) is 23.9 Å². The molecule has 4 rings (SSSR count). The quantitative estimate of drug-likeness (QED) is 0.707. The van der Waals surface area contributed by atoms with Gasteiger partial charge in [-0.2, -0.15) is 5.26 Å². The van der Waals surface area contributed by atoms with Crippen LogP contribution in [0.25, 0.3) is 0 Å². The van der Waals surface area contributed by atoms with Gasteiger partial charge >= 0.3 is 6.09 Å². The van der Waals surface area contributed by atoms with Gasteiger partial charge in [-0.05, 0) is 57.7 Å². The topological polar surface area (TPSA) is 75.4 Å². The Morgan fingerprint density at radius 2 is 2.13 bits per heavy atom. The second kappa shape index (κ2) is 8.18. The Balaban J connectivity index is 1.39. The number of benzene rings is 1. The van der Waals surface area contributed by atoms with Crippen molar-refractivity contribution in [2.75, 3.05) is 6.54 Å². The van der Waals surface area contributed by atoms with Gasteiger partial charge in [-0.15, -0.1) is 0 Å². The molecular weight excluding hydrogens is 397 g/mol. The molecule has 1 saturated carbocycles. The van der Waals surface area contributed by atoms with E-state index in [1.165, 1.54) is 6.07 Å². The number of amides is 1. The Morgan fingerprint density at radius 3 is 2.84 bits per heavy atom. The first-order valence-electron chi connectivity index (χ1n) is 10.5. The third-order valence-electron chi connectivity index (χ3n) is 5.71. The lowest BCUT2D eigenvalue weighted by atomic mass is 9.92. The van der Waals surface area contributed by atoms with Gasteiger partial charge in [-0.3, -0.25) is 0 Å². The van der Waals surface area contributed by atoms with E-state index >= 15 is 0 Å². The smallest absolute Gasteiger partial charge is 0.410 e. The zero-order valence-corrected chi connectivity index (χ0v) is 18.0. The molecule has 0 spiro atoms. The number of rotatable bonds is 4. The lowest BCUT2D eigenvalue weighted by Gasteiger charge is -2.33. The Morgan fingerprint density at radius 1 is 1.32 bits per heavy atom. The van der Waals surface area contributed by atoms with Crippen molar-refractivity contribution in [2.24, 2.45) is 5.92 Å². The molecule has 0 radical (unpaired) electrons.